The lowest BCUT2D eigenvalue weighted by Gasteiger charge is -2.09. The van der Waals surface area contributed by atoms with Crippen molar-refractivity contribution in [3.63, 3.8) is 0 Å². The molecule has 78 heavy (non-hydrogen) atoms. The van der Waals surface area contributed by atoms with Gasteiger partial charge in [0.25, 0.3) is 33.4 Å². The van der Waals surface area contributed by atoms with Crippen LogP contribution in [0.2, 0.25) is 0 Å². The van der Waals surface area contributed by atoms with Crippen molar-refractivity contribution in [1.29, 1.82) is 0 Å². The maximum atomic E-state index is 14.4. The first-order chi connectivity index (χ1) is 37.5. The highest BCUT2D eigenvalue weighted by atomic mass is 16.5. The van der Waals surface area contributed by atoms with Crippen molar-refractivity contribution >= 4 is 65.4 Å². The molecular formula is C54H54N6O18. The summed E-state index contributed by atoms with van der Waals surface area (Å²) in [6, 6.07) is 16.0. The van der Waals surface area contributed by atoms with Crippen LogP contribution in [-0.2, 0) is 0 Å². The Morgan fingerprint density at radius 3 is 0.513 bits per heavy atom. The third kappa shape index (κ3) is 11.1. The molecule has 24 heteroatoms. The normalized spacial score (nSPS) is 10.6. The van der Waals surface area contributed by atoms with E-state index in [1.54, 1.807) is 0 Å². The van der Waals surface area contributed by atoms with Crippen LogP contribution >= 0.6 is 0 Å². The summed E-state index contributed by atoms with van der Waals surface area (Å²) in [4.78, 5) is 103. The van der Waals surface area contributed by atoms with Gasteiger partial charge in [0.1, 0.15) is 69.0 Å². The van der Waals surface area contributed by atoms with E-state index in [-0.39, 0.29) is 134 Å². The summed E-state index contributed by atoms with van der Waals surface area (Å²) in [5, 5.41) is -0.800. The molecular weight excluding hydrogens is 1020 g/mol. The summed E-state index contributed by atoms with van der Waals surface area (Å²) in [7, 11) is 15.9. The SMILES string of the molecule is COc1cc(OC)c2cc1[nH]c(=O)c1cc([nH]c(=O)c3cc([nH]c(=O)c4cc(c(OC)cc4OC)c(=O)[nH]c4cc(c(OC)cc4OC)c(=O)[nH]c4cc(c(OC)cc4OC)c(=O)[nH]2)c(OC)cc3OC)c(OC)cc1OC. The average Bonchev–Trinajstić information content (AvgIpc) is 3.45. The summed E-state index contributed by atoms with van der Waals surface area (Å²) in [6.07, 6.45) is 0. The van der Waals surface area contributed by atoms with E-state index in [2.05, 4.69) is 29.9 Å². The average molecular weight is 1080 g/mol. The van der Waals surface area contributed by atoms with Crippen molar-refractivity contribution in [2.45, 2.75) is 0 Å². The second-order valence-electron chi connectivity index (χ2n) is 16.2. The molecule has 0 saturated carbocycles. The van der Waals surface area contributed by atoms with Crippen LogP contribution in [0.5, 0.6) is 69.0 Å². The topological polar surface area (TPSA) is 308 Å². The van der Waals surface area contributed by atoms with E-state index < -0.39 is 33.4 Å². The van der Waals surface area contributed by atoms with Crippen molar-refractivity contribution in [2.24, 2.45) is 0 Å². The first-order valence-electron chi connectivity index (χ1n) is 23.0. The molecule has 0 amide bonds. The summed E-state index contributed by atoms with van der Waals surface area (Å²) in [6.45, 7) is 0. The molecule has 7 aromatic rings. The molecule has 0 aliphatic heterocycles. The molecule has 0 aliphatic rings. The van der Waals surface area contributed by atoms with Gasteiger partial charge in [-0.25, -0.2) is 0 Å². The maximum Gasteiger partial charge on any atom is 0.259 e. The number of aromatic amines is 6. The Balaban J connectivity index is 1.78. The molecule has 24 nitrogen and oxygen atoms in total. The number of hydrogen-bond acceptors (Lipinski definition) is 18. The van der Waals surface area contributed by atoms with Gasteiger partial charge in [-0.3, -0.25) is 28.8 Å². The van der Waals surface area contributed by atoms with Gasteiger partial charge in [0, 0.05) is 36.4 Å². The third-order valence-corrected chi connectivity index (χ3v) is 12.1. The second kappa shape index (κ2) is 24.0. The number of aromatic nitrogens is 6. The minimum absolute atomic E-state index is 0.00697. The number of hydrogen-bond donors (Lipinski definition) is 6. The van der Waals surface area contributed by atoms with Gasteiger partial charge in [-0.15, -0.1) is 0 Å². The van der Waals surface area contributed by atoms with Crippen molar-refractivity contribution in [3.05, 3.63) is 135 Å². The zero-order chi connectivity index (χ0) is 56.5. The fraction of sp³-hybridized carbons (Fsp3) is 0.222. The van der Waals surface area contributed by atoms with Crippen LogP contribution in [0.15, 0.2) is 102 Å². The molecule has 0 radical (unpaired) electrons. The van der Waals surface area contributed by atoms with Gasteiger partial charge in [-0.2, -0.15) is 0 Å². The first-order valence-corrected chi connectivity index (χ1v) is 23.0. The molecule has 0 aliphatic carbocycles. The lowest BCUT2D eigenvalue weighted by molar-refractivity contribution is 0.398. The highest BCUT2D eigenvalue weighted by Crippen LogP contribution is 2.33. The lowest BCUT2D eigenvalue weighted by Crippen LogP contribution is -2.10. The van der Waals surface area contributed by atoms with Crippen LogP contribution < -0.4 is 90.2 Å². The van der Waals surface area contributed by atoms with Gasteiger partial charge < -0.3 is 86.7 Å². The predicted octanol–water partition coefficient (Wildman–Crippen LogP) is 5.90. The standard InChI is InChI=1S/C54H54N6O18/c1-67-37-19-38(68-2)26-13-25(37)49(61)55-31-14-27(39(69-3)20-43(31)73-7)51(63)57-33-16-29(41(71-5)22-45(33)75-9)53(65)59-35-18-36(48(78-12)24-47(35)77-11)60-54(66)30-17-34(46(76-10)23-42(30)72-6)58-52(64)28-15-32(56-50(26)62)44(74-8)21-40(28)70-4/h13-24H,1-12H3,(H,55,61)(H,56,62)(H,57,63)(H,58,64)(H,59,65)(H,60,66). The number of H-pyrrole nitrogens is 6. The number of methoxy groups -OCH3 is 12. The number of nitrogens with one attached hydrogen (secondary N) is 6. The van der Waals surface area contributed by atoms with E-state index in [4.69, 9.17) is 56.8 Å². The van der Waals surface area contributed by atoms with E-state index in [0.717, 1.165) is 0 Å². The minimum atomic E-state index is -0.832. The summed E-state index contributed by atoms with van der Waals surface area (Å²) in [5.41, 5.74) is -4.79. The lowest BCUT2D eigenvalue weighted by atomic mass is 10.2. The number of ether oxygens (including phenoxy) is 12. The van der Waals surface area contributed by atoms with Crippen molar-refractivity contribution < 1.29 is 56.8 Å². The molecule has 0 unspecified atom stereocenters. The molecule has 0 atom stereocenters. The molecule has 0 fully saturated rings. The van der Waals surface area contributed by atoms with Crippen LogP contribution in [0.25, 0.3) is 65.4 Å². The highest BCUT2D eigenvalue weighted by molar-refractivity contribution is 5.84. The molecule has 0 saturated heterocycles. The molecule has 12 bridgehead atoms. The molecule has 6 N–H and O–H groups in total. The zero-order valence-electron chi connectivity index (χ0n) is 44.3. The summed E-state index contributed by atoms with van der Waals surface area (Å²) in [5.74, 6) is 0.497. The monoisotopic (exact) mass is 1070 g/mol. The summed E-state index contributed by atoms with van der Waals surface area (Å²) >= 11 is 0. The van der Waals surface area contributed by atoms with E-state index in [1.807, 2.05) is 0 Å². The number of rotatable bonds is 12. The number of fused-ring (bicyclic) bond motifs is 12. The van der Waals surface area contributed by atoms with Gasteiger partial charge in [0.15, 0.2) is 0 Å². The van der Waals surface area contributed by atoms with E-state index in [1.165, 1.54) is 158 Å². The van der Waals surface area contributed by atoms with Crippen LogP contribution in [0.4, 0.5) is 0 Å². The Labute approximate surface area is 440 Å². The van der Waals surface area contributed by atoms with Gasteiger partial charge in [-0.1, -0.05) is 0 Å². The van der Waals surface area contributed by atoms with E-state index >= 15 is 0 Å². The van der Waals surface area contributed by atoms with Gasteiger partial charge >= 0.3 is 0 Å². The van der Waals surface area contributed by atoms with Crippen LogP contribution in [0.3, 0.4) is 0 Å². The number of benzene rings is 6. The Kier molecular flexibility index (Phi) is 17.0. The first kappa shape index (κ1) is 55.5. The smallest absolute Gasteiger partial charge is 0.259 e. The predicted molar refractivity (Wildman–Crippen MR) is 293 cm³/mol. The fourth-order valence-electron chi connectivity index (χ4n) is 8.18. The molecule has 1 heterocycles. The maximum absolute atomic E-state index is 14.4. The van der Waals surface area contributed by atoms with Crippen molar-refractivity contribution in [1.82, 2.24) is 29.9 Å². The molecule has 0 spiro atoms. The Morgan fingerprint density at radius 2 is 0.333 bits per heavy atom. The van der Waals surface area contributed by atoms with Crippen LogP contribution in [-0.4, -0.2) is 115 Å². The van der Waals surface area contributed by atoms with Crippen LogP contribution in [0.1, 0.15) is 0 Å². The van der Waals surface area contributed by atoms with Gasteiger partial charge in [0.2, 0.25) is 0 Å². The van der Waals surface area contributed by atoms with Gasteiger partial charge in [0.05, 0.1) is 151 Å². The van der Waals surface area contributed by atoms with Crippen LogP contribution in [0, 0.1) is 0 Å². The largest absolute Gasteiger partial charge is 0.496 e. The quantitative estimate of drug-likeness (QED) is 0.0830. The Hall–Kier alpha value is -10.3. The minimum Gasteiger partial charge on any atom is -0.496 e. The third-order valence-electron chi connectivity index (χ3n) is 12.1. The molecule has 1 aromatic heterocycles. The van der Waals surface area contributed by atoms with Crippen molar-refractivity contribution in [3.8, 4) is 69.0 Å². The molecule has 7 rings (SSSR count). The zero-order valence-corrected chi connectivity index (χ0v) is 44.3. The Morgan fingerprint density at radius 1 is 0.192 bits per heavy atom. The van der Waals surface area contributed by atoms with Gasteiger partial charge in [-0.05, 0) is 36.4 Å². The van der Waals surface area contributed by atoms with Crippen molar-refractivity contribution in [2.75, 3.05) is 85.3 Å². The second-order valence-corrected chi connectivity index (χ2v) is 16.2. The van der Waals surface area contributed by atoms with E-state index in [0.29, 0.717) is 0 Å². The highest BCUT2D eigenvalue weighted by Gasteiger charge is 2.16. The Bertz CT molecular complexity index is 3990. The molecule has 408 valence electrons. The van der Waals surface area contributed by atoms with E-state index in [9.17, 15) is 28.8 Å². The summed E-state index contributed by atoms with van der Waals surface area (Å²) < 4.78 is 67.2. The molecule has 6 aromatic carbocycles. The fourth-order valence-corrected chi connectivity index (χ4v) is 8.18.